The Morgan fingerprint density at radius 3 is 1.78 bits per heavy atom. The number of carboxylic acid groups (broad SMARTS) is 1. The lowest BCUT2D eigenvalue weighted by molar-refractivity contribution is -0.232. The van der Waals surface area contributed by atoms with E-state index in [0.29, 0.717) is 18.9 Å². The minimum absolute atomic E-state index is 0.171. The highest BCUT2D eigenvalue weighted by Crippen LogP contribution is 2.30. The van der Waals surface area contributed by atoms with Gasteiger partial charge in [0, 0.05) is 20.8 Å². The van der Waals surface area contributed by atoms with Crippen LogP contribution in [0, 0.1) is 5.92 Å². The van der Waals surface area contributed by atoms with Gasteiger partial charge in [0.05, 0.1) is 18.8 Å². The summed E-state index contributed by atoms with van der Waals surface area (Å²) in [6.07, 6.45) is 12.6. The quantitative estimate of drug-likeness (QED) is 0.0768. The number of unbranched alkanes of at least 4 members (excludes halogenated alkanes) is 9. The molecule has 2 aromatic carbocycles. The van der Waals surface area contributed by atoms with Crippen molar-refractivity contribution in [1.82, 2.24) is 0 Å². The highest BCUT2D eigenvalue weighted by atomic mass is 16.8. The lowest BCUT2D eigenvalue weighted by Gasteiger charge is -2.25. The topological polar surface area (TPSA) is 125 Å². The third-order valence-corrected chi connectivity index (χ3v) is 7.87. The van der Waals surface area contributed by atoms with Crippen LogP contribution in [0.25, 0.3) is 11.1 Å². The average Bonchev–Trinajstić information content (AvgIpc) is 3.00. The lowest BCUT2D eigenvalue weighted by Crippen LogP contribution is -2.45. The van der Waals surface area contributed by atoms with Gasteiger partial charge in [0.2, 0.25) is 0 Å². The van der Waals surface area contributed by atoms with Crippen molar-refractivity contribution in [3.63, 3.8) is 0 Å². The summed E-state index contributed by atoms with van der Waals surface area (Å²) in [5.41, 5.74) is 3.64. The first-order valence-corrected chi connectivity index (χ1v) is 16.6. The molecule has 2 rings (SSSR count). The van der Waals surface area contributed by atoms with E-state index in [2.05, 4.69) is 26.0 Å². The molecule has 9 nitrogen and oxygen atoms in total. The zero-order valence-electron chi connectivity index (χ0n) is 28.2. The zero-order valence-corrected chi connectivity index (χ0v) is 28.2. The average molecular weight is 641 g/mol. The Morgan fingerprint density at radius 2 is 1.28 bits per heavy atom. The van der Waals surface area contributed by atoms with E-state index in [4.69, 9.17) is 18.9 Å². The number of carbonyl (C=O) groups excluding carboxylic acids is 3. The molecule has 2 aromatic rings. The summed E-state index contributed by atoms with van der Waals surface area (Å²) in [5, 5.41) is 9.22. The van der Waals surface area contributed by atoms with Crippen LogP contribution in [0.2, 0.25) is 0 Å². The van der Waals surface area contributed by atoms with Crippen molar-refractivity contribution in [2.75, 3.05) is 13.2 Å². The molecular weight excluding hydrogens is 588 g/mol. The molecule has 1 N–H and O–H groups in total. The van der Waals surface area contributed by atoms with Gasteiger partial charge in [-0.1, -0.05) is 89.8 Å². The molecule has 0 aromatic heterocycles. The summed E-state index contributed by atoms with van der Waals surface area (Å²) in [7, 11) is 0. The Kier molecular flexibility index (Phi) is 16.9. The first kappa shape index (κ1) is 38.3. The number of carbonyl (C=O) groups is 4. The fourth-order valence-electron chi connectivity index (χ4n) is 5.18. The third kappa shape index (κ3) is 14.0. The van der Waals surface area contributed by atoms with Gasteiger partial charge in [0.1, 0.15) is 5.75 Å². The molecule has 0 amide bonds. The molecule has 0 bridgehead atoms. The monoisotopic (exact) mass is 640 g/mol. The van der Waals surface area contributed by atoms with Crippen molar-refractivity contribution < 1.29 is 43.2 Å². The molecule has 0 radical (unpaired) electrons. The van der Waals surface area contributed by atoms with Crippen LogP contribution in [-0.2, 0) is 35.0 Å². The normalized spacial score (nSPS) is 11.8. The van der Waals surface area contributed by atoms with Gasteiger partial charge in [0.15, 0.2) is 0 Å². The predicted octanol–water partition coefficient (Wildman–Crippen LogP) is 8.31. The minimum atomic E-state index is -2.06. The molecule has 0 aliphatic carbocycles. The highest BCUT2D eigenvalue weighted by Gasteiger charge is 2.42. The van der Waals surface area contributed by atoms with Crippen LogP contribution < -0.4 is 4.74 Å². The molecule has 46 heavy (non-hydrogen) atoms. The lowest BCUT2D eigenvalue weighted by atomic mass is 9.91. The summed E-state index contributed by atoms with van der Waals surface area (Å²) in [5.74, 6) is -3.96. The number of benzene rings is 2. The summed E-state index contributed by atoms with van der Waals surface area (Å²) >= 11 is 0. The van der Waals surface area contributed by atoms with E-state index in [1.807, 2.05) is 18.2 Å². The van der Waals surface area contributed by atoms with Gasteiger partial charge in [-0.3, -0.25) is 9.59 Å². The van der Waals surface area contributed by atoms with E-state index < -0.39 is 29.7 Å². The molecule has 0 spiro atoms. The number of aromatic carboxylic acids is 1. The maximum Gasteiger partial charge on any atom is 0.392 e. The molecule has 0 fully saturated rings. The molecule has 0 saturated heterocycles. The standard InChI is InChI=1S/C37H52O9/c1-6-27(2)25-32-26-33(21-22-34(32)30-17-19-31(20-18-30)35(40)41)43-23-15-13-11-9-7-8-10-12-14-16-24-44-36(42)37(5,45-28(3)38)46-29(4)39/h17-22,26-27H,6-16,23-25H2,1-5H3,(H,40,41). The fraction of sp³-hybridized carbons (Fsp3) is 0.568. The van der Waals surface area contributed by atoms with Crippen LogP contribution in [-0.4, -0.2) is 48.0 Å². The van der Waals surface area contributed by atoms with Crippen molar-refractivity contribution in [1.29, 1.82) is 0 Å². The molecular formula is C37H52O9. The summed E-state index contributed by atoms with van der Waals surface area (Å²) in [4.78, 5) is 46.0. The molecule has 1 atom stereocenters. The van der Waals surface area contributed by atoms with Crippen LogP contribution in [0.4, 0.5) is 0 Å². The van der Waals surface area contributed by atoms with Crippen molar-refractivity contribution in [2.45, 2.75) is 117 Å². The first-order chi connectivity index (χ1) is 21.9. The smallest absolute Gasteiger partial charge is 0.392 e. The predicted molar refractivity (Wildman–Crippen MR) is 177 cm³/mol. The SMILES string of the molecule is CCC(C)Cc1cc(OCCCCCCCCCCCCOC(=O)C(C)(OC(C)=O)OC(C)=O)ccc1-c1ccc(C(=O)O)cc1. The largest absolute Gasteiger partial charge is 0.494 e. The van der Waals surface area contributed by atoms with E-state index >= 15 is 0 Å². The Hall–Kier alpha value is -3.88. The second-order valence-corrected chi connectivity index (χ2v) is 12.1. The van der Waals surface area contributed by atoms with Crippen LogP contribution >= 0.6 is 0 Å². The Labute approximate surface area is 274 Å². The van der Waals surface area contributed by atoms with Crippen LogP contribution in [0.15, 0.2) is 42.5 Å². The second kappa shape index (κ2) is 20.3. The van der Waals surface area contributed by atoms with Crippen LogP contribution in [0.1, 0.15) is 121 Å². The second-order valence-electron chi connectivity index (χ2n) is 12.1. The Bertz CT molecular complexity index is 1240. The zero-order chi connectivity index (χ0) is 34.0. The number of ether oxygens (including phenoxy) is 4. The van der Waals surface area contributed by atoms with E-state index in [1.54, 1.807) is 12.1 Å². The van der Waals surface area contributed by atoms with Gasteiger partial charge in [-0.25, -0.2) is 9.59 Å². The molecule has 0 aliphatic rings. The molecule has 1 unspecified atom stereocenters. The van der Waals surface area contributed by atoms with Gasteiger partial charge in [0.25, 0.3) is 0 Å². The van der Waals surface area contributed by atoms with Gasteiger partial charge >= 0.3 is 29.7 Å². The van der Waals surface area contributed by atoms with Gasteiger partial charge < -0.3 is 24.1 Å². The fourth-order valence-corrected chi connectivity index (χ4v) is 5.18. The number of hydrogen-bond donors (Lipinski definition) is 1. The van der Waals surface area contributed by atoms with E-state index in [1.165, 1.54) is 31.7 Å². The molecule has 254 valence electrons. The van der Waals surface area contributed by atoms with Crippen LogP contribution in [0.3, 0.4) is 0 Å². The molecule has 9 heteroatoms. The highest BCUT2D eigenvalue weighted by molar-refractivity contribution is 5.88. The third-order valence-electron chi connectivity index (χ3n) is 7.87. The van der Waals surface area contributed by atoms with Crippen LogP contribution in [0.5, 0.6) is 5.75 Å². The number of carboxylic acids is 1. The number of hydrogen-bond acceptors (Lipinski definition) is 8. The maximum atomic E-state index is 12.3. The van der Waals surface area contributed by atoms with E-state index in [-0.39, 0.29) is 12.2 Å². The first-order valence-electron chi connectivity index (χ1n) is 16.6. The Balaban J connectivity index is 1.61. The van der Waals surface area contributed by atoms with Gasteiger partial charge in [-0.05, 0) is 66.1 Å². The van der Waals surface area contributed by atoms with E-state index in [9.17, 15) is 24.3 Å². The van der Waals surface area contributed by atoms with Gasteiger partial charge in [-0.2, -0.15) is 0 Å². The van der Waals surface area contributed by atoms with E-state index in [0.717, 1.165) is 82.1 Å². The van der Waals surface area contributed by atoms with Crippen molar-refractivity contribution in [2.24, 2.45) is 5.92 Å². The number of esters is 3. The molecule has 0 heterocycles. The summed E-state index contributed by atoms with van der Waals surface area (Å²) in [6.45, 7) is 8.74. The minimum Gasteiger partial charge on any atom is -0.494 e. The summed E-state index contributed by atoms with van der Waals surface area (Å²) < 4.78 is 21.0. The van der Waals surface area contributed by atoms with Crippen molar-refractivity contribution in [3.8, 4) is 16.9 Å². The van der Waals surface area contributed by atoms with Crippen molar-refractivity contribution >= 4 is 23.9 Å². The maximum absolute atomic E-state index is 12.3. The molecule has 0 saturated carbocycles. The Morgan fingerprint density at radius 1 is 0.761 bits per heavy atom. The number of rotatable bonds is 22. The van der Waals surface area contributed by atoms with Gasteiger partial charge in [-0.15, -0.1) is 0 Å². The molecule has 0 aliphatic heterocycles. The van der Waals surface area contributed by atoms with Crippen molar-refractivity contribution in [3.05, 3.63) is 53.6 Å². The summed E-state index contributed by atoms with van der Waals surface area (Å²) in [6, 6.07) is 13.3.